The number of aromatic carboxylic acids is 1. The summed E-state index contributed by atoms with van der Waals surface area (Å²) in [5.41, 5.74) is 0.652. The van der Waals surface area contributed by atoms with Crippen LogP contribution in [0.15, 0.2) is 54.7 Å². The maximum atomic E-state index is 14.3. The average molecular weight is 317 g/mol. The number of imidazole rings is 1. The van der Waals surface area contributed by atoms with Crippen molar-refractivity contribution in [3.05, 3.63) is 71.3 Å². The zero-order valence-electron chi connectivity index (χ0n) is 11.2. The van der Waals surface area contributed by atoms with E-state index in [2.05, 4.69) is 4.98 Å². The Bertz CT molecular complexity index is 847. The number of carbonyl (C=O) groups is 1. The molecule has 6 heteroatoms. The second-order valence-corrected chi connectivity index (χ2v) is 4.97. The predicted molar refractivity (Wildman–Crippen MR) is 80.9 cm³/mol. The van der Waals surface area contributed by atoms with Crippen LogP contribution in [-0.2, 0) is 0 Å². The normalized spacial score (nSPS) is 10.6. The van der Waals surface area contributed by atoms with Gasteiger partial charge >= 0.3 is 5.97 Å². The van der Waals surface area contributed by atoms with E-state index in [-0.39, 0.29) is 16.4 Å². The van der Waals surface area contributed by atoms with Gasteiger partial charge in [0.2, 0.25) is 0 Å². The monoisotopic (exact) mass is 316 g/mol. The first kappa shape index (κ1) is 14.3. The second-order valence-electron chi connectivity index (χ2n) is 4.56. The Balaban J connectivity index is 2.26. The summed E-state index contributed by atoms with van der Waals surface area (Å²) in [6.07, 6.45) is 1.28. The Morgan fingerprint density at radius 2 is 1.86 bits per heavy atom. The van der Waals surface area contributed by atoms with Gasteiger partial charge in [0.25, 0.3) is 0 Å². The van der Waals surface area contributed by atoms with Crippen molar-refractivity contribution in [2.45, 2.75) is 0 Å². The highest BCUT2D eigenvalue weighted by atomic mass is 35.5. The molecule has 110 valence electrons. The van der Waals surface area contributed by atoms with Gasteiger partial charge in [0, 0.05) is 11.8 Å². The summed E-state index contributed by atoms with van der Waals surface area (Å²) >= 11 is 5.81. The molecular weight excluding hydrogens is 307 g/mol. The summed E-state index contributed by atoms with van der Waals surface area (Å²) in [6.45, 7) is 0. The van der Waals surface area contributed by atoms with Gasteiger partial charge in [-0.15, -0.1) is 0 Å². The topological polar surface area (TPSA) is 55.1 Å². The van der Waals surface area contributed by atoms with E-state index in [9.17, 15) is 9.18 Å². The second kappa shape index (κ2) is 5.61. The molecule has 0 saturated carbocycles. The Labute approximate surface area is 130 Å². The third-order valence-corrected chi connectivity index (χ3v) is 3.44. The van der Waals surface area contributed by atoms with Crippen molar-refractivity contribution < 1.29 is 14.3 Å². The van der Waals surface area contributed by atoms with E-state index in [0.29, 0.717) is 11.4 Å². The highest BCUT2D eigenvalue weighted by molar-refractivity contribution is 6.30. The quantitative estimate of drug-likeness (QED) is 0.793. The summed E-state index contributed by atoms with van der Waals surface area (Å²) in [7, 11) is 0. The SMILES string of the molecule is O=C(O)c1cn(-c2cccc(Cl)c2F)c(-c2ccccc2)n1. The fourth-order valence-corrected chi connectivity index (χ4v) is 2.31. The van der Waals surface area contributed by atoms with Gasteiger partial charge in [-0.25, -0.2) is 14.2 Å². The Hall–Kier alpha value is -2.66. The predicted octanol–water partition coefficient (Wildman–Crippen LogP) is 4.03. The molecule has 0 fully saturated rings. The van der Waals surface area contributed by atoms with Crippen LogP contribution in [0.1, 0.15) is 10.5 Å². The fraction of sp³-hybridized carbons (Fsp3) is 0. The summed E-state index contributed by atoms with van der Waals surface area (Å²) in [5.74, 6) is -1.48. The van der Waals surface area contributed by atoms with Crippen LogP contribution in [0.2, 0.25) is 5.02 Å². The molecule has 0 bridgehead atoms. The van der Waals surface area contributed by atoms with Crippen molar-refractivity contribution in [3.63, 3.8) is 0 Å². The van der Waals surface area contributed by atoms with Gasteiger partial charge in [-0.1, -0.05) is 48.0 Å². The molecule has 22 heavy (non-hydrogen) atoms. The number of rotatable bonds is 3. The maximum Gasteiger partial charge on any atom is 0.356 e. The van der Waals surface area contributed by atoms with Crippen LogP contribution in [0.3, 0.4) is 0 Å². The molecule has 1 aromatic heterocycles. The molecule has 0 aliphatic carbocycles. The molecule has 2 aromatic carbocycles. The van der Waals surface area contributed by atoms with Crippen LogP contribution < -0.4 is 0 Å². The summed E-state index contributed by atoms with van der Waals surface area (Å²) < 4.78 is 15.7. The minimum atomic E-state index is -1.18. The first-order chi connectivity index (χ1) is 10.6. The number of nitrogens with zero attached hydrogens (tertiary/aromatic N) is 2. The number of aromatic nitrogens is 2. The largest absolute Gasteiger partial charge is 0.476 e. The van der Waals surface area contributed by atoms with Crippen LogP contribution in [0.5, 0.6) is 0 Å². The lowest BCUT2D eigenvalue weighted by Crippen LogP contribution is -1.99. The van der Waals surface area contributed by atoms with Gasteiger partial charge in [-0.2, -0.15) is 0 Å². The Kier molecular flexibility index (Phi) is 3.65. The number of hydrogen-bond acceptors (Lipinski definition) is 2. The highest BCUT2D eigenvalue weighted by Crippen LogP contribution is 2.27. The van der Waals surface area contributed by atoms with E-state index in [1.807, 2.05) is 6.07 Å². The van der Waals surface area contributed by atoms with Gasteiger partial charge in [0.1, 0.15) is 5.82 Å². The number of carboxylic acid groups (broad SMARTS) is 1. The summed E-state index contributed by atoms with van der Waals surface area (Å²) in [6, 6.07) is 13.5. The smallest absolute Gasteiger partial charge is 0.356 e. The molecule has 0 saturated heterocycles. The maximum absolute atomic E-state index is 14.3. The van der Waals surface area contributed by atoms with Crippen molar-refractivity contribution >= 4 is 17.6 Å². The molecule has 0 aliphatic rings. The minimum Gasteiger partial charge on any atom is -0.476 e. The van der Waals surface area contributed by atoms with Gasteiger partial charge in [-0.05, 0) is 12.1 Å². The molecule has 0 aliphatic heterocycles. The highest BCUT2D eigenvalue weighted by Gasteiger charge is 2.18. The van der Waals surface area contributed by atoms with Crippen LogP contribution >= 0.6 is 11.6 Å². The van der Waals surface area contributed by atoms with Crippen LogP contribution in [0, 0.1) is 5.82 Å². The minimum absolute atomic E-state index is 0.0397. The van der Waals surface area contributed by atoms with E-state index >= 15 is 0 Å². The molecule has 3 rings (SSSR count). The molecule has 0 unspecified atom stereocenters. The van der Waals surface area contributed by atoms with Gasteiger partial charge < -0.3 is 5.11 Å². The Morgan fingerprint density at radius 1 is 1.14 bits per heavy atom. The molecule has 0 spiro atoms. The molecule has 0 atom stereocenters. The Morgan fingerprint density at radius 3 is 2.55 bits per heavy atom. The average Bonchev–Trinajstić information content (AvgIpc) is 2.96. The molecule has 1 N–H and O–H groups in total. The zero-order valence-corrected chi connectivity index (χ0v) is 12.0. The van der Waals surface area contributed by atoms with Crippen LogP contribution in [-0.4, -0.2) is 20.6 Å². The third-order valence-electron chi connectivity index (χ3n) is 3.15. The van der Waals surface area contributed by atoms with Crippen LogP contribution in [0.25, 0.3) is 17.1 Å². The van der Waals surface area contributed by atoms with Gasteiger partial charge in [0.05, 0.1) is 10.7 Å². The number of halogens is 2. The number of carboxylic acids is 1. The van der Waals surface area contributed by atoms with Crippen molar-refractivity contribution in [2.75, 3.05) is 0 Å². The van der Waals surface area contributed by atoms with Crippen molar-refractivity contribution in [2.24, 2.45) is 0 Å². The molecule has 0 amide bonds. The molecule has 0 radical (unpaired) electrons. The van der Waals surface area contributed by atoms with Gasteiger partial charge in [0.15, 0.2) is 11.5 Å². The zero-order chi connectivity index (χ0) is 15.7. The first-order valence-electron chi connectivity index (χ1n) is 6.40. The van der Waals surface area contributed by atoms with Crippen molar-refractivity contribution in [1.82, 2.24) is 9.55 Å². The number of hydrogen-bond donors (Lipinski definition) is 1. The van der Waals surface area contributed by atoms with Crippen molar-refractivity contribution in [1.29, 1.82) is 0 Å². The lowest BCUT2D eigenvalue weighted by atomic mass is 10.2. The van der Waals surface area contributed by atoms with E-state index in [1.54, 1.807) is 30.3 Å². The van der Waals surface area contributed by atoms with Crippen molar-refractivity contribution in [3.8, 4) is 17.1 Å². The fourth-order valence-electron chi connectivity index (χ4n) is 2.14. The molecular formula is C16H10ClFN2O2. The first-order valence-corrected chi connectivity index (χ1v) is 6.78. The van der Waals surface area contributed by atoms with Gasteiger partial charge in [-0.3, -0.25) is 4.57 Å². The van der Waals surface area contributed by atoms with E-state index in [1.165, 1.54) is 22.9 Å². The number of benzene rings is 2. The third kappa shape index (κ3) is 2.46. The van der Waals surface area contributed by atoms with E-state index < -0.39 is 11.8 Å². The molecule has 3 aromatic rings. The summed E-state index contributed by atoms with van der Waals surface area (Å²) in [5, 5.41) is 9.10. The standard InChI is InChI=1S/C16H10ClFN2O2/c17-11-7-4-8-13(14(11)18)20-9-12(16(21)22)19-15(20)10-5-2-1-3-6-10/h1-9H,(H,21,22). The molecule has 4 nitrogen and oxygen atoms in total. The van der Waals surface area contributed by atoms with Crippen LogP contribution in [0.4, 0.5) is 4.39 Å². The lowest BCUT2D eigenvalue weighted by molar-refractivity contribution is 0.0691. The lowest BCUT2D eigenvalue weighted by Gasteiger charge is -2.09. The van der Waals surface area contributed by atoms with E-state index in [4.69, 9.17) is 16.7 Å². The molecule has 1 heterocycles. The van der Waals surface area contributed by atoms with E-state index in [0.717, 1.165) is 0 Å². The summed E-state index contributed by atoms with van der Waals surface area (Å²) in [4.78, 5) is 15.3.